The zero-order valence-corrected chi connectivity index (χ0v) is 15.4. The lowest BCUT2D eigenvalue weighted by molar-refractivity contribution is -0.120. The van der Waals surface area contributed by atoms with Crippen LogP contribution >= 0.6 is 11.3 Å². The summed E-state index contributed by atoms with van der Waals surface area (Å²) in [5, 5.41) is 4.85. The molecule has 0 unspecified atom stereocenters. The van der Waals surface area contributed by atoms with Crippen LogP contribution in [0.1, 0.15) is 47.3 Å². The van der Waals surface area contributed by atoms with Gasteiger partial charge in [0.2, 0.25) is 5.91 Å². The van der Waals surface area contributed by atoms with E-state index in [1.165, 1.54) is 17.8 Å². The first-order valence-corrected chi connectivity index (χ1v) is 9.71. The molecule has 2 amide bonds. The fourth-order valence-electron chi connectivity index (χ4n) is 3.07. The van der Waals surface area contributed by atoms with Crippen LogP contribution in [0.2, 0.25) is 0 Å². The highest BCUT2D eigenvalue weighted by Crippen LogP contribution is 2.25. The molecule has 136 valence electrons. The summed E-state index contributed by atoms with van der Waals surface area (Å²) < 4.78 is 0. The number of hydrogen-bond donors (Lipinski definition) is 3. The molecular formula is C20H23N3O2S. The van der Waals surface area contributed by atoms with Gasteiger partial charge in [-0.15, -0.1) is 11.3 Å². The summed E-state index contributed by atoms with van der Waals surface area (Å²) in [6, 6.07) is 11.0. The first kappa shape index (κ1) is 18.2. The molecule has 3 rings (SSSR count). The van der Waals surface area contributed by atoms with Crippen molar-refractivity contribution in [2.75, 3.05) is 5.32 Å². The van der Waals surface area contributed by atoms with Gasteiger partial charge in [0.05, 0.1) is 10.6 Å². The minimum Gasteiger partial charge on any atom is -0.326 e. The van der Waals surface area contributed by atoms with E-state index in [9.17, 15) is 9.59 Å². The molecule has 0 bridgehead atoms. The Labute approximate surface area is 157 Å². The van der Waals surface area contributed by atoms with Gasteiger partial charge in [-0.2, -0.15) is 0 Å². The van der Waals surface area contributed by atoms with E-state index in [4.69, 9.17) is 0 Å². The fraction of sp³-hybridized carbons (Fsp3) is 0.300. The number of carbonyl (C=O) groups excluding carboxylic acids is 2. The molecule has 0 spiro atoms. The lowest BCUT2D eigenvalue weighted by Crippen LogP contribution is -2.35. The fourth-order valence-corrected chi connectivity index (χ4v) is 3.69. The Morgan fingerprint density at radius 3 is 2.58 bits per heavy atom. The lowest BCUT2D eigenvalue weighted by atomic mass is 9.88. The van der Waals surface area contributed by atoms with E-state index >= 15 is 0 Å². The number of thiophene rings is 1. The second kappa shape index (κ2) is 8.67. The van der Waals surface area contributed by atoms with E-state index in [1.807, 2.05) is 35.7 Å². The Morgan fingerprint density at radius 1 is 1.04 bits per heavy atom. The number of carbonyl (C=O) groups is 2. The maximum absolute atomic E-state index is 12.4. The van der Waals surface area contributed by atoms with Crippen LogP contribution in [0.15, 0.2) is 48.4 Å². The average Bonchev–Trinajstić information content (AvgIpc) is 3.21. The molecule has 6 heteroatoms. The Hall–Kier alpha value is -2.60. The molecule has 5 nitrogen and oxygen atoms in total. The van der Waals surface area contributed by atoms with Crippen LogP contribution in [-0.2, 0) is 4.79 Å². The molecular weight excluding hydrogens is 346 g/mol. The molecule has 3 N–H and O–H groups in total. The van der Waals surface area contributed by atoms with Gasteiger partial charge < -0.3 is 5.32 Å². The van der Waals surface area contributed by atoms with Crippen molar-refractivity contribution in [3.05, 3.63) is 58.8 Å². The third kappa shape index (κ3) is 4.73. The standard InChI is InChI=1S/C20H23N3O2S/c1-14(22-23-20(25)18-11-6-12-26-18)16-9-5-10-17(13-16)21-19(24)15-7-3-2-4-8-15/h5-6,9-13,15,22H,1-4,7-8H2,(H,21,24)(H,23,25). The van der Waals surface area contributed by atoms with Crippen molar-refractivity contribution in [3.8, 4) is 0 Å². The number of hydrogen-bond acceptors (Lipinski definition) is 4. The third-order valence-electron chi connectivity index (χ3n) is 4.53. The van der Waals surface area contributed by atoms with Crippen LogP contribution in [0.4, 0.5) is 5.69 Å². The van der Waals surface area contributed by atoms with Gasteiger partial charge in [-0.3, -0.25) is 20.4 Å². The maximum atomic E-state index is 12.4. The van der Waals surface area contributed by atoms with Crippen molar-refractivity contribution in [1.82, 2.24) is 10.9 Å². The summed E-state index contributed by atoms with van der Waals surface area (Å²) >= 11 is 1.37. The monoisotopic (exact) mass is 369 g/mol. The van der Waals surface area contributed by atoms with Crippen LogP contribution in [-0.4, -0.2) is 11.8 Å². The molecule has 26 heavy (non-hydrogen) atoms. The second-order valence-corrected chi connectivity index (χ2v) is 7.39. The molecule has 1 aromatic heterocycles. The van der Waals surface area contributed by atoms with Crippen molar-refractivity contribution in [2.45, 2.75) is 32.1 Å². The average molecular weight is 369 g/mol. The van der Waals surface area contributed by atoms with Gasteiger partial charge in [-0.1, -0.05) is 44.0 Å². The highest BCUT2D eigenvalue weighted by atomic mass is 32.1. The van der Waals surface area contributed by atoms with Crippen LogP contribution in [0, 0.1) is 5.92 Å². The highest BCUT2D eigenvalue weighted by molar-refractivity contribution is 7.12. The number of anilines is 1. The molecule has 1 aliphatic carbocycles. The summed E-state index contributed by atoms with van der Waals surface area (Å²) in [5.74, 6) is -0.00635. The number of benzene rings is 1. The van der Waals surface area contributed by atoms with E-state index in [1.54, 1.807) is 6.07 Å². The number of amides is 2. The first-order valence-electron chi connectivity index (χ1n) is 8.83. The quantitative estimate of drug-likeness (QED) is 0.669. The molecule has 0 saturated heterocycles. The largest absolute Gasteiger partial charge is 0.326 e. The van der Waals surface area contributed by atoms with Crippen LogP contribution in [0.3, 0.4) is 0 Å². The number of rotatable bonds is 6. The van der Waals surface area contributed by atoms with Crippen molar-refractivity contribution in [3.63, 3.8) is 0 Å². The van der Waals surface area contributed by atoms with E-state index in [-0.39, 0.29) is 17.7 Å². The van der Waals surface area contributed by atoms with E-state index in [0.29, 0.717) is 10.6 Å². The Morgan fingerprint density at radius 2 is 1.85 bits per heavy atom. The van der Waals surface area contributed by atoms with Gasteiger partial charge in [0.15, 0.2) is 0 Å². The van der Waals surface area contributed by atoms with Gasteiger partial charge in [0.1, 0.15) is 0 Å². The normalized spacial score (nSPS) is 14.5. The van der Waals surface area contributed by atoms with Crippen molar-refractivity contribution in [1.29, 1.82) is 0 Å². The predicted octanol–water partition coefficient (Wildman–Crippen LogP) is 4.17. The Bertz CT molecular complexity index is 780. The Balaban J connectivity index is 1.56. The number of hydrazine groups is 1. The minimum atomic E-state index is -0.206. The van der Waals surface area contributed by atoms with E-state index in [0.717, 1.165) is 36.9 Å². The Kier molecular flexibility index (Phi) is 6.07. The maximum Gasteiger partial charge on any atom is 0.279 e. The summed E-state index contributed by atoms with van der Waals surface area (Å²) in [4.78, 5) is 25.0. The number of nitrogens with one attached hydrogen (secondary N) is 3. The zero-order valence-electron chi connectivity index (χ0n) is 14.6. The van der Waals surface area contributed by atoms with Gasteiger partial charge in [0, 0.05) is 17.2 Å². The van der Waals surface area contributed by atoms with Crippen LogP contribution < -0.4 is 16.2 Å². The van der Waals surface area contributed by atoms with Crippen LogP contribution in [0.25, 0.3) is 5.70 Å². The molecule has 0 atom stereocenters. The van der Waals surface area contributed by atoms with Gasteiger partial charge in [-0.25, -0.2) is 0 Å². The zero-order chi connectivity index (χ0) is 18.4. The smallest absolute Gasteiger partial charge is 0.279 e. The van der Waals surface area contributed by atoms with Gasteiger partial charge >= 0.3 is 0 Å². The van der Waals surface area contributed by atoms with Crippen LogP contribution in [0.5, 0.6) is 0 Å². The molecule has 2 aromatic rings. The highest BCUT2D eigenvalue weighted by Gasteiger charge is 2.21. The topological polar surface area (TPSA) is 70.2 Å². The molecule has 1 saturated carbocycles. The summed E-state index contributed by atoms with van der Waals surface area (Å²) in [6.45, 7) is 3.95. The molecule has 1 heterocycles. The summed E-state index contributed by atoms with van der Waals surface area (Å²) in [5.41, 5.74) is 7.56. The summed E-state index contributed by atoms with van der Waals surface area (Å²) in [6.07, 6.45) is 5.41. The van der Waals surface area contributed by atoms with Gasteiger partial charge in [-0.05, 0) is 36.4 Å². The third-order valence-corrected chi connectivity index (χ3v) is 5.40. The van der Waals surface area contributed by atoms with Gasteiger partial charge in [0.25, 0.3) is 5.91 Å². The minimum absolute atomic E-state index is 0.0893. The molecule has 1 aromatic carbocycles. The molecule has 1 fully saturated rings. The molecule has 0 radical (unpaired) electrons. The SMILES string of the molecule is C=C(NNC(=O)c1cccs1)c1cccc(NC(=O)C2CCCCC2)c1. The van der Waals surface area contributed by atoms with Crippen molar-refractivity contribution >= 4 is 34.5 Å². The van der Waals surface area contributed by atoms with Crippen molar-refractivity contribution < 1.29 is 9.59 Å². The van der Waals surface area contributed by atoms with E-state index < -0.39 is 0 Å². The first-order chi connectivity index (χ1) is 12.6. The predicted molar refractivity (Wildman–Crippen MR) is 106 cm³/mol. The molecule has 0 aliphatic heterocycles. The van der Waals surface area contributed by atoms with E-state index in [2.05, 4.69) is 22.7 Å². The lowest BCUT2D eigenvalue weighted by Gasteiger charge is -2.21. The summed E-state index contributed by atoms with van der Waals surface area (Å²) in [7, 11) is 0. The molecule has 1 aliphatic rings. The van der Waals surface area contributed by atoms with Crippen molar-refractivity contribution in [2.24, 2.45) is 5.92 Å². The second-order valence-electron chi connectivity index (χ2n) is 6.44.